The number of rotatable bonds is 4. The van der Waals surface area contributed by atoms with Crippen molar-refractivity contribution in [3.05, 3.63) is 23.8 Å². The summed E-state index contributed by atoms with van der Waals surface area (Å²) >= 11 is 0. The smallest absolute Gasteiger partial charge is 0.132 e. The molecule has 0 atom stereocenters. The fourth-order valence-electron chi connectivity index (χ4n) is 2.05. The summed E-state index contributed by atoms with van der Waals surface area (Å²) in [6.45, 7) is 2.08. The van der Waals surface area contributed by atoms with Gasteiger partial charge < -0.3 is 15.2 Å². The van der Waals surface area contributed by atoms with Crippen molar-refractivity contribution in [3.8, 4) is 22.8 Å². The highest BCUT2D eigenvalue weighted by Crippen LogP contribution is 2.36. The van der Waals surface area contributed by atoms with Gasteiger partial charge in [-0.05, 0) is 18.1 Å². The predicted molar refractivity (Wildman–Crippen MR) is 75.5 cm³/mol. The first-order chi connectivity index (χ1) is 9.10. The summed E-state index contributed by atoms with van der Waals surface area (Å²) in [6.07, 6.45) is 0.877. The maximum absolute atomic E-state index is 5.83. The summed E-state index contributed by atoms with van der Waals surface area (Å²) in [5, 5.41) is 4.39. The summed E-state index contributed by atoms with van der Waals surface area (Å²) in [6, 6.07) is 5.77. The van der Waals surface area contributed by atoms with E-state index in [0.717, 1.165) is 34.7 Å². The quantitative estimate of drug-likeness (QED) is 0.917. The molecule has 0 spiro atoms. The minimum atomic E-state index is 0.617. The van der Waals surface area contributed by atoms with E-state index in [2.05, 4.69) is 12.0 Å². The van der Waals surface area contributed by atoms with Gasteiger partial charge in [-0.25, -0.2) is 0 Å². The first-order valence-electron chi connectivity index (χ1n) is 6.15. The maximum atomic E-state index is 5.83. The van der Waals surface area contributed by atoms with Crippen molar-refractivity contribution in [3.63, 3.8) is 0 Å². The summed E-state index contributed by atoms with van der Waals surface area (Å²) in [5.74, 6) is 2.17. The molecule has 102 valence electrons. The van der Waals surface area contributed by atoms with Crippen LogP contribution in [0.5, 0.6) is 11.5 Å². The molecule has 0 aliphatic heterocycles. The molecule has 0 unspecified atom stereocenters. The second-order valence-corrected chi connectivity index (χ2v) is 4.30. The van der Waals surface area contributed by atoms with Crippen molar-refractivity contribution in [1.29, 1.82) is 0 Å². The molecule has 0 saturated carbocycles. The van der Waals surface area contributed by atoms with Crippen molar-refractivity contribution in [2.45, 2.75) is 13.3 Å². The Kier molecular flexibility index (Phi) is 3.64. The van der Waals surface area contributed by atoms with Crippen molar-refractivity contribution in [2.75, 3.05) is 20.0 Å². The largest absolute Gasteiger partial charge is 0.496 e. The van der Waals surface area contributed by atoms with Crippen LogP contribution in [-0.4, -0.2) is 24.0 Å². The molecule has 0 aliphatic carbocycles. The number of nitrogen functional groups attached to an aromatic ring is 1. The Morgan fingerprint density at radius 3 is 2.32 bits per heavy atom. The molecule has 19 heavy (non-hydrogen) atoms. The topological polar surface area (TPSA) is 62.3 Å². The standard InChI is InChI=1S/C14H19N3O2/c1-5-9-6-10(11-7-14(15)17(2)16-11)13(19-4)8-12(9)18-3/h6-8H,5,15H2,1-4H3. The van der Waals surface area contributed by atoms with E-state index in [0.29, 0.717) is 5.82 Å². The van der Waals surface area contributed by atoms with E-state index < -0.39 is 0 Å². The number of nitrogens with two attached hydrogens (primary N) is 1. The van der Waals surface area contributed by atoms with Gasteiger partial charge in [0.15, 0.2) is 0 Å². The fourth-order valence-corrected chi connectivity index (χ4v) is 2.05. The number of methoxy groups -OCH3 is 2. The molecule has 1 aromatic carbocycles. The van der Waals surface area contributed by atoms with Gasteiger partial charge in [0.25, 0.3) is 0 Å². The molecule has 1 aromatic heterocycles. The summed E-state index contributed by atoms with van der Waals surface area (Å²) < 4.78 is 12.4. The van der Waals surface area contributed by atoms with Crippen LogP contribution in [0.3, 0.4) is 0 Å². The number of aryl methyl sites for hydroxylation is 2. The lowest BCUT2D eigenvalue weighted by Gasteiger charge is -2.12. The Labute approximate surface area is 112 Å². The highest BCUT2D eigenvalue weighted by atomic mass is 16.5. The third-order valence-corrected chi connectivity index (χ3v) is 3.18. The molecular formula is C14H19N3O2. The van der Waals surface area contributed by atoms with Crippen molar-refractivity contribution < 1.29 is 9.47 Å². The number of nitrogens with zero attached hydrogens (tertiary/aromatic N) is 2. The van der Waals surface area contributed by atoms with Crippen LogP contribution in [0.15, 0.2) is 18.2 Å². The second kappa shape index (κ2) is 5.22. The molecule has 2 aromatic rings. The van der Waals surface area contributed by atoms with Gasteiger partial charge in [0.05, 0.1) is 19.9 Å². The minimum absolute atomic E-state index is 0.617. The molecule has 2 N–H and O–H groups in total. The molecule has 0 radical (unpaired) electrons. The Balaban J connectivity index is 2.61. The Morgan fingerprint density at radius 2 is 1.84 bits per heavy atom. The van der Waals surface area contributed by atoms with Crippen LogP contribution in [0, 0.1) is 0 Å². The third kappa shape index (κ3) is 2.36. The van der Waals surface area contributed by atoms with Crippen LogP contribution in [0.1, 0.15) is 12.5 Å². The lowest BCUT2D eigenvalue weighted by molar-refractivity contribution is 0.392. The van der Waals surface area contributed by atoms with E-state index in [1.165, 1.54) is 0 Å². The highest BCUT2D eigenvalue weighted by Gasteiger charge is 2.14. The minimum Gasteiger partial charge on any atom is -0.496 e. The molecule has 0 bridgehead atoms. The summed E-state index contributed by atoms with van der Waals surface area (Å²) in [4.78, 5) is 0. The van der Waals surface area contributed by atoms with Crippen molar-refractivity contribution >= 4 is 5.82 Å². The molecule has 0 amide bonds. The van der Waals surface area contributed by atoms with Gasteiger partial charge in [-0.1, -0.05) is 6.92 Å². The Hall–Kier alpha value is -2.17. The van der Waals surface area contributed by atoms with E-state index in [9.17, 15) is 0 Å². The lowest BCUT2D eigenvalue weighted by atomic mass is 10.0. The Morgan fingerprint density at radius 1 is 1.16 bits per heavy atom. The SMILES string of the molecule is CCc1cc(-c2cc(N)n(C)n2)c(OC)cc1OC. The van der Waals surface area contributed by atoms with Crippen LogP contribution in [-0.2, 0) is 13.5 Å². The van der Waals surface area contributed by atoms with E-state index in [1.54, 1.807) is 18.9 Å². The zero-order valence-corrected chi connectivity index (χ0v) is 11.7. The van der Waals surface area contributed by atoms with Gasteiger partial charge in [-0.3, -0.25) is 4.68 Å². The number of aromatic nitrogens is 2. The third-order valence-electron chi connectivity index (χ3n) is 3.18. The van der Waals surface area contributed by atoms with Gasteiger partial charge in [-0.2, -0.15) is 5.10 Å². The monoisotopic (exact) mass is 261 g/mol. The van der Waals surface area contributed by atoms with Crippen LogP contribution < -0.4 is 15.2 Å². The first-order valence-corrected chi connectivity index (χ1v) is 6.15. The zero-order chi connectivity index (χ0) is 14.0. The number of benzene rings is 1. The molecule has 5 nitrogen and oxygen atoms in total. The van der Waals surface area contributed by atoms with E-state index in [1.807, 2.05) is 25.2 Å². The molecule has 0 saturated heterocycles. The molecule has 2 rings (SSSR count). The number of anilines is 1. The van der Waals surface area contributed by atoms with Crippen LogP contribution >= 0.6 is 0 Å². The molecule has 0 fully saturated rings. The van der Waals surface area contributed by atoms with Gasteiger partial charge >= 0.3 is 0 Å². The molecular weight excluding hydrogens is 242 g/mol. The fraction of sp³-hybridized carbons (Fsp3) is 0.357. The summed E-state index contributed by atoms with van der Waals surface area (Å²) in [7, 11) is 5.11. The molecule has 5 heteroatoms. The van der Waals surface area contributed by atoms with Crippen LogP contribution in [0.4, 0.5) is 5.82 Å². The predicted octanol–water partition coefficient (Wildman–Crippen LogP) is 2.25. The number of hydrogen-bond acceptors (Lipinski definition) is 4. The normalized spacial score (nSPS) is 10.5. The van der Waals surface area contributed by atoms with E-state index in [-0.39, 0.29) is 0 Å². The average molecular weight is 261 g/mol. The first kappa shape index (κ1) is 13.3. The zero-order valence-electron chi connectivity index (χ0n) is 11.7. The van der Waals surface area contributed by atoms with Crippen molar-refractivity contribution in [2.24, 2.45) is 7.05 Å². The number of hydrogen-bond donors (Lipinski definition) is 1. The number of ether oxygens (including phenoxy) is 2. The average Bonchev–Trinajstić information content (AvgIpc) is 2.76. The second-order valence-electron chi connectivity index (χ2n) is 4.30. The molecule has 1 heterocycles. The summed E-state index contributed by atoms with van der Waals surface area (Å²) in [5.41, 5.74) is 8.67. The highest BCUT2D eigenvalue weighted by molar-refractivity contribution is 5.72. The lowest BCUT2D eigenvalue weighted by Crippen LogP contribution is -1.97. The maximum Gasteiger partial charge on any atom is 0.132 e. The van der Waals surface area contributed by atoms with Crippen LogP contribution in [0.2, 0.25) is 0 Å². The Bertz CT molecular complexity index is 571. The van der Waals surface area contributed by atoms with Gasteiger partial charge in [0.2, 0.25) is 0 Å². The van der Waals surface area contributed by atoms with Crippen LogP contribution in [0.25, 0.3) is 11.3 Å². The van der Waals surface area contributed by atoms with Gasteiger partial charge in [0.1, 0.15) is 17.3 Å². The van der Waals surface area contributed by atoms with Crippen molar-refractivity contribution in [1.82, 2.24) is 9.78 Å². The molecule has 0 aliphatic rings. The van der Waals surface area contributed by atoms with E-state index in [4.69, 9.17) is 15.2 Å². The van der Waals surface area contributed by atoms with Gasteiger partial charge in [-0.15, -0.1) is 0 Å². The van der Waals surface area contributed by atoms with Gasteiger partial charge in [0, 0.05) is 24.7 Å². The van der Waals surface area contributed by atoms with E-state index >= 15 is 0 Å².